The molecule has 0 aromatic rings. The molecule has 0 radical (unpaired) electrons. The number of hydrogen-bond acceptors (Lipinski definition) is 1. The lowest BCUT2D eigenvalue weighted by Gasteiger charge is -2.07. The Morgan fingerprint density at radius 2 is 2.20 bits per heavy atom. The van der Waals surface area contributed by atoms with Crippen molar-refractivity contribution in [2.24, 2.45) is 5.92 Å². The molecule has 10 heavy (non-hydrogen) atoms. The van der Waals surface area contributed by atoms with E-state index in [-0.39, 0.29) is 0 Å². The first kappa shape index (κ1) is 9.70. The molecule has 0 spiro atoms. The van der Waals surface area contributed by atoms with E-state index >= 15 is 0 Å². The quantitative estimate of drug-likeness (QED) is 0.457. The maximum absolute atomic E-state index is 3.35. The fourth-order valence-corrected chi connectivity index (χ4v) is 0.675. The summed E-state index contributed by atoms with van der Waals surface area (Å²) in [6.45, 7) is 8.69. The average molecular weight is 141 g/mol. The molecule has 0 bridgehead atoms. The van der Waals surface area contributed by atoms with Gasteiger partial charge in [-0.25, -0.2) is 0 Å². The van der Waals surface area contributed by atoms with E-state index in [1.165, 1.54) is 6.42 Å². The van der Waals surface area contributed by atoms with Gasteiger partial charge in [0, 0.05) is 6.54 Å². The Kier molecular flexibility index (Phi) is 6.61. The van der Waals surface area contributed by atoms with Crippen molar-refractivity contribution in [3.63, 3.8) is 0 Å². The molecule has 1 nitrogen and oxygen atoms in total. The summed E-state index contributed by atoms with van der Waals surface area (Å²) in [7, 11) is 0. The van der Waals surface area contributed by atoms with Gasteiger partial charge in [0.2, 0.25) is 0 Å². The largest absolute Gasteiger partial charge is 0.313 e. The summed E-state index contributed by atoms with van der Waals surface area (Å²) in [6.07, 6.45) is 5.48. The molecule has 0 saturated carbocycles. The molecule has 0 saturated heterocycles. The Morgan fingerprint density at radius 3 is 2.70 bits per heavy atom. The molecule has 0 aromatic carbocycles. The van der Waals surface area contributed by atoms with Gasteiger partial charge in [-0.2, -0.15) is 0 Å². The summed E-state index contributed by atoms with van der Waals surface area (Å²) >= 11 is 0. The molecule has 0 rings (SSSR count). The molecule has 1 heteroatoms. The third-order valence-corrected chi connectivity index (χ3v) is 1.69. The summed E-state index contributed by atoms with van der Waals surface area (Å²) in [4.78, 5) is 0. The van der Waals surface area contributed by atoms with Crippen molar-refractivity contribution in [1.29, 1.82) is 0 Å². The van der Waals surface area contributed by atoms with E-state index in [1.54, 1.807) is 0 Å². The van der Waals surface area contributed by atoms with Gasteiger partial charge in [-0.1, -0.05) is 32.4 Å². The molecule has 0 amide bonds. The Morgan fingerprint density at radius 1 is 1.50 bits per heavy atom. The second-order valence-corrected chi connectivity index (χ2v) is 2.74. The van der Waals surface area contributed by atoms with Crippen LogP contribution < -0.4 is 5.32 Å². The number of allylic oxidation sites excluding steroid dienone is 1. The lowest BCUT2D eigenvalue weighted by Crippen LogP contribution is -2.20. The lowest BCUT2D eigenvalue weighted by molar-refractivity contribution is 0.516. The number of hydrogen-bond donors (Lipinski definition) is 1. The fraction of sp³-hybridized carbons (Fsp3) is 0.778. The standard InChI is InChI=1S/C9H19N/c1-4-6-7-10-8-9(3)5-2/h4,6,9-10H,5,7-8H2,1-3H3/b6-4+. The highest BCUT2D eigenvalue weighted by molar-refractivity contribution is 4.79. The Bertz CT molecular complexity index is 86.7. The van der Waals surface area contributed by atoms with E-state index in [1.807, 2.05) is 6.92 Å². The summed E-state index contributed by atoms with van der Waals surface area (Å²) < 4.78 is 0. The molecule has 60 valence electrons. The van der Waals surface area contributed by atoms with Gasteiger partial charge in [0.15, 0.2) is 0 Å². The minimum atomic E-state index is 0.810. The van der Waals surface area contributed by atoms with E-state index in [0.717, 1.165) is 19.0 Å². The van der Waals surface area contributed by atoms with Crippen LogP contribution in [0.1, 0.15) is 27.2 Å². The molecular weight excluding hydrogens is 122 g/mol. The highest BCUT2D eigenvalue weighted by atomic mass is 14.8. The van der Waals surface area contributed by atoms with Crippen molar-refractivity contribution in [1.82, 2.24) is 5.32 Å². The van der Waals surface area contributed by atoms with Crippen LogP contribution in [0.25, 0.3) is 0 Å². The van der Waals surface area contributed by atoms with Crippen molar-refractivity contribution in [3.05, 3.63) is 12.2 Å². The average Bonchev–Trinajstić information content (AvgIpc) is 1.98. The first-order chi connectivity index (χ1) is 4.81. The van der Waals surface area contributed by atoms with Gasteiger partial charge >= 0.3 is 0 Å². The molecule has 1 N–H and O–H groups in total. The zero-order chi connectivity index (χ0) is 7.82. The normalized spacial score (nSPS) is 14.3. The van der Waals surface area contributed by atoms with E-state index in [0.29, 0.717) is 0 Å². The highest BCUT2D eigenvalue weighted by Crippen LogP contribution is 1.96. The third kappa shape index (κ3) is 5.83. The molecule has 0 fully saturated rings. The van der Waals surface area contributed by atoms with Gasteiger partial charge in [0.1, 0.15) is 0 Å². The van der Waals surface area contributed by atoms with Crippen molar-refractivity contribution >= 4 is 0 Å². The second-order valence-electron chi connectivity index (χ2n) is 2.74. The summed E-state index contributed by atoms with van der Waals surface area (Å²) in [5.74, 6) is 0.810. The summed E-state index contributed by atoms with van der Waals surface area (Å²) in [6, 6.07) is 0. The molecule has 0 heterocycles. The van der Waals surface area contributed by atoms with E-state index in [9.17, 15) is 0 Å². The highest BCUT2D eigenvalue weighted by Gasteiger charge is 1.94. The van der Waals surface area contributed by atoms with Crippen molar-refractivity contribution in [2.45, 2.75) is 27.2 Å². The van der Waals surface area contributed by atoms with Crippen LogP contribution in [0.15, 0.2) is 12.2 Å². The zero-order valence-corrected chi connectivity index (χ0v) is 7.35. The van der Waals surface area contributed by atoms with Crippen LogP contribution in [0.4, 0.5) is 0 Å². The third-order valence-electron chi connectivity index (χ3n) is 1.69. The fourth-order valence-electron chi connectivity index (χ4n) is 0.675. The summed E-state index contributed by atoms with van der Waals surface area (Å²) in [5.41, 5.74) is 0. The first-order valence-corrected chi connectivity index (χ1v) is 4.13. The van der Waals surface area contributed by atoms with Crippen LogP contribution in [0, 0.1) is 5.92 Å². The van der Waals surface area contributed by atoms with Crippen molar-refractivity contribution in [2.75, 3.05) is 13.1 Å². The molecule has 0 aliphatic rings. The molecule has 1 unspecified atom stereocenters. The maximum Gasteiger partial charge on any atom is 0.0134 e. The van der Waals surface area contributed by atoms with Crippen LogP contribution in [-0.4, -0.2) is 13.1 Å². The minimum absolute atomic E-state index is 0.810. The van der Waals surface area contributed by atoms with Crippen LogP contribution in [0.3, 0.4) is 0 Å². The van der Waals surface area contributed by atoms with E-state index in [2.05, 4.69) is 31.3 Å². The van der Waals surface area contributed by atoms with Gasteiger partial charge in [-0.05, 0) is 19.4 Å². The topological polar surface area (TPSA) is 12.0 Å². The smallest absolute Gasteiger partial charge is 0.0134 e. The zero-order valence-electron chi connectivity index (χ0n) is 7.35. The monoisotopic (exact) mass is 141 g/mol. The van der Waals surface area contributed by atoms with E-state index < -0.39 is 0 Å². The van der Waals surface area contributed by atoms with Gasteiger partial charge in [0.25, 0.3) is 0 Å². The van der Waals surface area contributed by atoms with Gasteiger partial charge < -0.3 is 5.32 Å². The maximum atomic E-state index is 3.35. The molecule has 0 aliphatic heterocycles. The number of nitrogens with one attached hydrogen (secondary N) is 1. The second kappa shape index (κ2) is 6.81. The predicted octanol–water partition coefficient (Wildman–Crippen LogP) is 2.20. The number of rotatable bonds is 5. The van der Waals surface area contributed by atoms with Gasteiger partial charge in [-0.3, -0.25) is 0 Å². The molecule has 0 aliphatic carbocycles. The van der Waals surface area contributed by atoms with Crippen LogP contribution in [0.5, 0.6) is 0 Å². The molecule has 0 aromatic heterocycles. The lowest BCUT2D eigenvalue weighted by atomic mass is 10.1. The van der Waals surface area contributed by atoms with Crippen LogP contribution in [-0.2, 0) is 0 Å². The Labute approximate surface area is 64.5 Å². The minimum Gasteiger partial charge on any atom is -0.313 e. The van der Waals surface area contributed by atoms with Gasteiger partial charge in [0.05, 0.1) is 0 Å². The van der Waals surface area contributed by atoms with Crippen LogP contribution in [0.2, 0.25) is 0 Å². The summed E-state index contributed by atoms with van der Waals surface area (Å²) in [5, 5.41) is 3.35. The Balaban J connectivity index is 3.03. The molecular formula is C9H19N. The van der Waals surface area contributed by atoms with Gasteiger partial charge in [-0.15, -0.1) is 0 Å². The van der Waals surface area contributed by atoms with E-state index in [4.69, 9.17) is 0 Å². The first-order valence-electron chi connectivity index (χ1n) is 4.13. The Hall–Kier alpha value is -0.300. The molecule has 1 atom stereocenters. The van der Waals surface area contributed by atoms with Crippen LogP contribution >= 0.6 is 0 Å². The van der Waals surface area contributed by atoms with Crippen molar-refractivity contribution in [3.8, 4) is 0 Å². The SMILES string of the molecule is C/C=C/CNCC(C)CC. The predicted molar refractivity (Wildman–Crippen MR) is 47.1 cm³/mol. The van der Waals surface area contributed by atoms with Crippen molar-refractivity contribution < 1.29 is 0 Å².